The molecule has 0 aliphatic heterocycles. The number of fused-ring (bicyclic) bond motifs is 1. The lowest BCUT2D eigenvalue weighted by Gasteiger charge is -2.28. The van der Waals surface area contributed by atoms with Crippen LogP contribution in [0.2, 0.25) is 0 Å². The molecule has 6 rings (SSSR count). The van der Waals surface area contributed by atoms with Gasteiger partial charge in [-0.05, 0) is 144 Å². The molecule has 3 heterocycles. The maximum absolute atomic E-state index is 15.0. The van der Waals surface area contributed by atoms with Gasteiger partial charge in [0.15, 0.2) is 0 Å². The van der Waals surface area contributed by atoms with Crippen LogP contribution in [0.15, 0.2) is 110 Å². The molecular formula is C86H124N24O21S4. The highest BCUT2D eigenvalue weighted by Crippen LogP contribution is 2.21. The number of rotatable bonds is 61. The number of imidazole rings is 2. The van der Waals surface area contributed by atoms with E-state index in [1.54, 1.807) is 67.2 Å². The van der Waals surface area contributed by atoms with Gasteiger partial charge in [0, 0.05) is 84.5 Å². The molecule has 16 amide bonds. The first kappa shape index (κ1) is 111. The number of aliphatic carboxylic acids is 1. The second-order valence-electron chi connectivity index (χ2n) is 31.9. The van der Waals surface area contributed by atoms with E-state index in [0.29, 0.717) is 46.7 Å². The Kier molecular flexibility index (Phi) is 47.9. The average molecular weight is 1960 g/mol. The number of carboxylic acid groups (broad SMARTS) is 1. The number of aromatic nitrogens is 5. The zero-order valence-corrected chi connectivity index (χ0v) is 78.6. The average Bonchev–Trinajstić information content (AvgIpc) is 1.72. The number of carboxylic acids is 1. The fraction of sp³-hybridized carbons (Fsp3) is 0.500. The molecule has 0 aliphatic rings. The molecule has 17 atom stereocenters. The number of aromatic amines is 3. The Hall–Kier alpha value is -12.4. The van der Waals surface area contributed by atoms with Crippen LogP contribution in [0.25, 0.3) is 10.9 Å². The van der Waals surface area contributed by atoms with E-state index in [9.17, 15) is 102 Å². The van der Waals surface area contributed by atoms with Gasteiger partial charge in [0.05, 0.1) is 37.8 Å². The number of aromatic hydroxyl groups is 1. The zero-order chi connectivity index (χ0) is 99.4. The molecule has 0 saturated carbocycles. The molecule has 738 valence electrons. The molecular weight excluding hydrogens is 1830 g/mol. The second kappa shape index (κ2) is 58.0. The Labute approximate surface area is 797 Å². The van der Waals surface area contributed by atoms with Crippen molar-refractivity contribution in [1.82, 2.24) is 105 Å². The monoisotopic (exact) mass is 1960 g/mol. The van der Waals surface area contributed by atoms with E-state index in [0.717, 1.165) is 24.8 Å². The van der Waals surface area contributed by atoms with Crippen molar-refractivity contribution in [1.29, 1.82) is 0 Å². The first-order chi connectivity index (χ1) is 64.4. The van der Waals surface area contributed by atoms with Crippen LogP contribution < -0.4 is 103 Å². The van der Waals surface area contributed by atoms with Crippen molar-refractivity contribution in [3.8, 4) is 5.75 Å². The molecule has 0 fully saturated rings. The van der Waals surface area contributed by atoms with Gasteiger partial charge in [-0.3, -0.25) is 76.7 Å². The lowest BCUT2D eigenvalue weighted by atomic mass is 10.0. The number of nitrogens with zero attached hydrogens (tertiary/aromatic N) is 2. The third-order valence-electron chi connectivity index (χ3n) is 21.3. The lowest BCUT2D eigenvalue weighted by Crippen LogP contribution is -2.62. The minimum Gasteiger partial charge on any atom is -0.508 e. The van der Waals surface area contributed by atoms with E-state index in [-0.39, 0.29) is 95.2 Å². The summed E-state index contributed by atoms with van der Waals surface area (Å²) in [4.78, 5) is 255. The summed E-state index contributed by atoms with van der Waals surface area (Å²) >= 11 is 11.4. The number of para-hydroxylation sites is 1. The van der Waals surface area contributed by atoms with Crippen molar-refractivity contribution in [2.24, 2.45) is 22.9 Å². The van der Waals surface area contributed by atoms with Gasteiger partial charge < -0.3 is 138 Å². The van der Waals surface area contributed by atoms with E-state index in [1.165, 1.54) is 79.8 Å². The Bertz CT molecular complexity index is 4910. The number of phenolic OH excluding ortho intramolecular Hbond substituents is 1. The number of primary amides is 1. The van der Waals surface area contributed by atoms with E-state index in [1.807, 2.05) is 6.07 Å². The molecule has 0 radical (unpaired) electrons. The standard InChI is InChI=1S/C86H124N24O21S4/c1-45(96-74(118)59(26-30-135-5)100-85(129)70(47(3)112)110-72(116)46(2)97-77(121)64(36-69(90)114)105-82(126)66(40-111)107-73(117)55(89)25-29-134-4)71(115)101-60(32-49-21-23-53(113)24-22-49)79(123)109-67(41-132)83(127)99-58(20-12-14-28-88)76(120)108-68(42-133)84(128)104-62(34-51-38-91-43-94-51)80(124)102-61(31-48-15-7-6-8-16-48)78(122)98-57(19-11-13-27-87)75(119)103-63(35-52-39-92-44-95-52)81(125)106-65(86(130)131)33-50-37-93-56-18-10-9-17-54(50)56/h6-10,15-18,21-24,37-39,43-47,55,57-68,70,93,111-113,132-133H,11-14,19-20,25-36,40-42,87-89H2,1-5H3,(H2,90,114)(H,91,94)(H,92,95)(H,96,118)(H,97,121)(H,98,122)(H,99,127)(H,100,129)(H,101,115)(H,102,124)(H,103,119)(H,104,128)(H,105,126)(H,106,125)(H,107,117)(H,108,120)(H,109,123)(H,110,116)(H,130,131)/t45-,46-,47+,55-,57-,58-,59-,60-,61-,62-,63-,64-,65-,66-,67-,68-,70-/m0/s1. The number of unbranched alkanes of at least 4 members (excludes halogenated alkanes) is 2. The molecule has 6 aromatic rings. The number of H-pyrrole nitrogens is 3. The number of carbonyl (C=O) groups is 17. The van der Waals surface area contributed by atoms with Gasteiger partial charge in [-0.2, -0.15) is 48.8 Å². The number of nitrogens with one attached hydrogen (secondary N) is 18. The summed E-state index contributed by atoms with van der Waals surface area (Å²) in [5, 5.41) is 79.8. The van der Waals surface area contributed by atoms with Crippen LogP contribution in [0.1, 0.15) is 107 Å². The highest BCUT2D eigenvalue weighted by molar-refractivity contribution is 7.98. The van der Waals surface area contributed by atoms with E-state index in [2.05, 4.69) is 130 Å². The van der Waals surface area contributed by atoms with Gasteiger partial charge in [0.25, 0.3) is 0 Å². The van der Waals surface area contributed by atoms with Crippen LogP contribution in [0, 0.1) is 0 Å². The zero-order valence-electron chi connectivity index (χ0n) is 75.2. The number of benzene rings is 3. The minimum absolute atomic E-state index is 0.0406. The number of carbonyl (C=O) groups excluding carboxylic acids is 16. The summed E-state index contributed by atoms with van der Waals surface area (Å²) in [5.74, 6) is -17.5. The quantitative estimate of drug-likeness (QED) is 0.0125. The van der Waals surface area contributed by atoms with Crippen molar-refractivity contribution in [3.63, 3.8) is 0 Å². The molecule has 30 N–H and O–H groups in total. The van der Waals surface area contributed by atoms with Crippen molar-refractivity contribution in [3.05, 3.63) is 138 Å². The number of phenols is 1. The number of amides is 16. The molecule has 49 heteroatoms. The van der Waals surface area contributed by atoms with Gasteiger partial charge in [0.1, 0.15) is 96.4 Å². The summed E-state index contributed by atoms with van der Waals surface area (Å²) < 4.78 is 0. The van der Waals surface area contributed by atoms with Gasteiger partial charge in [0.2, 0.25) is 94.5 Å². The third-order valence-corrected chi connectivity index (χ3v) is 23.3. The smallest absolute Gasteiger partial charge is 0.326 e. The second-order valence-corrected chi connectivity index (χ2v) is 34.6. The first-order valence-electron chi connectivity index (χ1n) is 43.5. The van der Waals surface area contributed by atoms with Crippen LogP contribution >= 0.6 is 48.8 Å². The van der Waals surface area contributed by atoms with Crippen molar-refractivity contribution in [2.75, 3.05) is 55.2 Å². The fourth-order valence-electron chi connectivity index (χ4n) is 13.6. The third kappa shape index (κ3) is 37.4. The van der Waals surface area contributed by atoms with E-state index in [4.69, 9.17) is 22.9 Å². The topological polar surface area (TPSA) is 729 Å². The fourth-order valence-corrected chi connectivity index (χ4v) is 15.1. The number of nitrogens with two attached hydrogens (primary N) is 4. The molecule has 3 aromatic carbocycles. The maximum atomic E-state index is 15.0. The van der Waals surface area contributed by atoms with Crippen LogP contribution in [0.4, 0.5) is 0 Å². The first-order valence-corrected chi connectivity index (χ1v) is 47.5. The predicted octanol–water partition coefficient (Wildman–Crippen LogP) is -5.57. The van der Waals surface area contributed by atoms with Gasteiger partial charge in [-0.1, -0.05) is 60.7 Å². The minimum atomic E-state index is -1.83. The van der Waals surface area contributed by atoms with E-state index >= 15 is 0 Å². The van der Waals surface area contributed by atoms with Gasteiger partial charge in [-0.15, -0.1) is 0 Å². The van der Waals surface area contributed by atoms with Crippen molar-refractivity contribution >= 4 is 160 Å². The Morgan fingerprint density at radius 2 is 0.800 bits per heavy atom. The molecule has 0 aliphatic carbocycles. The molecule has 45 nitrogen and oxygen atoms in total. The lowest BCUT2D eigenvalue weighted by molar-refractivity contribution is -0.142. The number of hydrogen-bond acceptors (Lipinski definition) is 29. The largest absolute Gasteiger partial charge is 0.508 e. The summed E-state index contributed by atoms with van der Waals surface area (Å²) in [6.45, 7) is 2.89. The van der Waals surface area contributed by atoms with Gasteiger partial charge in [-0.25, -0.2) is 14.8 Å². The molecule has 0 saturated heterocycles. The Morgan fingerprint density at radius 1 is 0.415 bits per heavy atom. The van der Waals surface area contributed by atoms with Crippen molar-refractivity contribution < 1.29 is 102 Å². The van der Waals surface area contributed by atoms with Crippen LogP contribution in [0.5, 0.6) is 5.75 Å². The van der Waals surface area contributed by atoms with Crippen LogP contribution in [-0.4, -0.2) is 304 Å². The van der Waals surface area contributed by atoms with Gasteiger partial charge >= 0.3 is 5.97 Å². The molecule has 0 bridgehead atoms. The highest BCUT2D eigenvalue weighted by Gasteiger charge is 2.40. The molecule has 3 aromatic heterocycles. The number of thioether (sulfide) groups is 2. The Morgan fingerprint density at radius 3 is 1.26 bits per heavy atom. The summed E-state index contributed by atoms with van der Waals surface area (Å²) in [5.41, 5.74) is 25.9. The Balaban J connectivity index is 1.15. The maximum Gasteiger partial charge on any atom is 0.326 e. The molecule has 0 unspecified atom stereocenters. The van der Waals surface area contributed by atoms with Crippen LogP contribution in [-0.2, 0) is 114 Å². The predicted molar refractivity (Wildman–Crippen MR) is 507 cm³/mol. The summed E-state index contributed by atoms with van der Waals surface area (Å²) in [6.07, 6.45) is 8.06. The highest BCUT2D eigenvalue weighted by atomic mass is 32.2. The molecule has 0 spiro atoms. The van der Waals surface area contributed by atoms with Crippen molar-refractivity contribution in [2.45, 2.75) is 213 Å². The number of thiol groups is 2. The number of aliphatic hydroxyl groups excluding tert-OH is 2. The normalized spacial score (nSPS) is 15.0. The number of hydrogen-bond donors (Lipinski definition) is 28. The van der Waals surface area contributed by atoms with E-state index < -0.39 is 228 Å². The SMILES string of the molecule is CSCC[C@H](NC(=O)[C@@H](NC(=O)[C@H](C)NC(=O)[C@H](CC(N)=O)NC(=O)[C@H](CO)NC(=O)[C@@H](N)CCSC)[C@@H](C)O)C(=O)N[C@@H](C)C(=O)N[C@@H](Cc1ccc(O)cc1)C(=O)N[C@@H](CS)C(=O)N[C@@H](CCCCN)C(=O)N[C@@H](CS)C(=O)N[C@@H](Cc1cnc[nH]1)C(=O)N[C@@H](Cc1ccccc1)C(=O)N[C@@H](CCCCN)C(=O)N[C@@H](Cc1cnc[nH]1)C(=O)N[C@@H](Cc1c[nH]c2ccccc12)C(=O)O. The van der Waals surface area contributed by atoms with Crippen LogP contribution in [0.3, 0.4) is 0 Å². The summed E-state index contributed by atoms with van der Waals surface area (Å²) in [7, 11) is 0. The number of aliphatic hydroxyl groups is 2. The summed E-state index contributed by atoms with van der Waals surface area (Å²) in [6, 6.07) is -3.39. The molecule has 135 heavy (non-hydrogen) atoms.